The van der Waals surface area contributed by atoms with E-state index >= 15 is 0 Å². The molecule has 2 aliphatic heterocycles. The van der Waals surface area contributed by atoms with Gasteiger partial charge in [-0.3, -0.25) is 4.90 Å². The van der Waals surface area contributed by atoms with Crippen molar-refractivity contribution in [2.75, 3.05) is 32.8 Å². The number of aliphatic hydroxyl groups is 1. The summed E-state index contributed by atoms with van der Waals surface area (Å²) in [7, 11) is 0. The van der Waals surface area contributed by atoms with E-state index in [1.54, 1.807) is 12.1 Å². The van der Waals surface area contributed by atoms with Gasteiger partial charge in [0.15, 0.2) is 0 Å². The van der Waals surface area contributed by atoms with Crippen LogP contribution in [-0.4, -0.2) is 76.8 Å². The number of benzene rings is 1. The molecule has 3 rings (SSSR count). The fourth-order valence-corrected chi connectivity index (χ4v) is 4.11. The number of amides is 1. The Kier molecular flexibility index (Phi) is 6.35. The number of alkyl halides is 3. The first-order valence-corrected chi connectivity index (χ1v) is 9.42. The van der Waals surface area contributed by atoms with E-state index in [9.17, 15) is 27.5 Å². The summed E-state index contributed by atoms with van der Waals surface area (Å²) in [5.74, 6) is -2.43. The Morgan fingerprint density at radius 3 is 2.38 bits per heavy atom. The van der Waals surface area contributed by atoms with Gasteiger partial charge >= 0.3 is 12.3 Å². The number of likely N-dealkylation sites (tertiary alicyclic amines) is 1. The van der Waals surface area contributed by atoms with Crippen LogP contribution in [0.4, 0.5) is 22.4 Å². The van der Waals surface area contributed by atoms with Crippen LogP contribution in [0.2, 0.25) is 0 Å². The van der Waals surface area contributed by atoms with E-state index in [0.717, 1.165) is 5.56 Å². The van der Waals surface area contributed by atoms with Gasteiger partial charge in [0.1, 0.15) is 11.7 Å². The van der Waals surface area contributed by atoms with Gasteiger partial charge in [0.05, 0.1) is 18.3 Å². The van der Waals surface area contributed by atoms with Gasteiger partial charge in [-0.05, 0) is 30.5 Å². The standard InChI is InChI=1S/C19H24F4N2O4/c20-14-3-1-13(2-4-14)9-24-10-16(15(11-26)19(21,22)23)29-18(12-24)5-7-25(8-6-18)17(27)28/h1-4,15-16,26H,5-12H2,(H,27,28)/t15?,16-/m0/s1. The minimum Gasteiger partial charge on any atom is -0.465 e. The maximum absolute atomic E-state index is 13.4. The molecular formula is C19H24F4N2O4. The van der Waals surface area contributed by atoms with Crippen LogP contribution in [0, 0.1) is 11.7 Å². The number of halogens is 4. The minimum absolute atomic E-state index is 0.0352. The van der Waals surface area contributed by atoms with E-state index in [4.69, 9.17) is 9.84 Å². The van der Waals surface area contributed by atoms with Gasteiger partial charge in [-0.1, -0.05) is 12.1 Å². The number of piperidine rings is 1. The second-order valence-corrected chi connectivity index (χ2v) is 7.74. The van der Waals surface area contributed by atoms with Crippen LogP contribution in [0.3, 0.4) is 0 Å². The van der Waals surface area contributed by atoms with Crippen molar-refractivity contribution in [1.82, 2.24) is 9.80 Å². The minimum atomic E-state index is -4.62. The number of hydrogen-bond acceptors (Lipinski definition) is 4. The van der Waals surface area contributed by atoms with Crippen LogP contribution >= 0.6 is 0 Å². The summed E-state index contributed by atoms with van der Waals surface area (Å²) in [6.45, 7) is -0.141. The molecule has 2 saturated heterocycles. The van der Waals surface area contributed by atoms with Crippen molar-refractivity contribution < 1.29 is 37.3 Å². The highest BCUT2D eigenvalue weighted by Crippen LogP contribution is 2.39. The van der Waals surface area contributed by atoms with Crippen molar-refractivity contribution in [2.45, 2.75) is 37.3 Å². The number of hydrogen-bond donors (Lipinski definition) is 2. The Morgan fingerprint density at radius 2 is 1.86 bits per heavy atom. The number of morpholine rings is 1. The molecule has 1 unspecified atom stereocenters. The third kappa shape index (κ3) is 5.18. The molecule has 0 aromatic heterocycles. The Labute approximate surface area is 165 Å². The summed E-state index contributed by atoms with van der Waals surface area (Å²) in [4.78, 5) is 14.2. The SMILES string of the molecule is O=C(O)N1CCC2(CC1)CN(Cc1ccc(F)cc1)C[C@@H](C(CO)C(F)(F)F)O2. The maximum atomic E-state index is 13.4. The summed E-state index contributed by atoms with van der Waals surface area (Å²) in [5, 5.41) is 18.5. The Hall–Kier alpha value is -1.91. The van der Waals surface area contributed by atoms with Crippen molar-refractivity contribution in [1.29, 1.82) is 0 Å². The summed E-state index contributed by atoms with van der Waals surface area (Å²) in [5.41, 5.74) is -0.175. The molecule has 29 heavy (non-hydrogen) atoms. The number of nitrogens with zero attached hydrogens (tertiary/aromatic N) is 2. The molecular weight excluding hydrogens is 396 g/mol. The van der Waals surface area contributed by atoms with Gasteiger partial charge in [-0.15, -0.1) is 0 Å². The first-order chi connectivity index (χ1) is 13.6. The zero-order chi connectivity index (χ0) is 21.2. The molecule has 0 radical (unpaired) electrons. The number of ether oxygens (including phenoxy) is 1. The quantitative estimate of drug-likeness (QED) is 0.733. The lowest BCUT2D eigenvalue weighted by Crippen LogP contribution is -2.62. The van der Waals surface area contributed by atoms with Crippen LogP contribution in [0.1, 0.15) is 18.4 Å². The van der Waals surface area contributed by atoms with Crippen LogP contribution in [-0.2, 0) is 11.3 Å². The average molecular weight is 420 g/mol. The zero-order valence-electron chi connectivity index (χ0n) is 15.7. The smallest absolute Gasteiger partial charge is 0.407 e. The molecule has 1 aromatic rings. The number of aliphatic hydroxyl groups excluding tert-OH is 1. The second kappa shape index (κ2) is 8.45. The normalized spacial score (nSPS) is 23.9. The first kappa shape index (κ1) is 21.8. The van der Waals surface area contributed by atoms with Gasteiger partial charge in [-0.25, -0.2) is 9.18 Å². The Bertz CT molecular complexity index is 705. The van der Waals surface area contributed by atoms with Gasteiger partial charge in [-0.2, -0.15) is 13.2 Å². The average Bonchev–Trinajstić information content (AvgIpc) is 2.63. The van der Waals surface area contributed by atoms with E-state index < -0.39 is 42.3 Å². The van der Waals surface area contributed by atoms with E-state index in [1.165, 1.54) is 17.0 Å². The predicted octanol–water partition coefficient (Wildman–Crippen LogP) is 2.71. The van der Waals surface area contributed by atoms with Gasteiger partial charge in [0.2, 0.25) is 0 Å². The number of carbonyl (C=O) groups is 1. The van der Waals surface area contributed by atoms with Crippen molar-refractivity contribution in [3.8, 4) is 0 Å². The lowest BCUT2D eigenvalue weighted by molar-refractivity contribution is -0.260. The highest BCUT2D eigenvalue weighted by atomic mass is 19.4. The van der Waals surface area contributed by atoms with Crippen molar-refractivity contribution in [3.05, 3.63) is 35.6 Å². The van der Waals surface area contributed by atoms with Crippen molar-refractivity contribution in [3.63, 3.8) is 0 Å². The van der Waals surface area contributed by atoms with Crippen LogP contribution in [0.25, 0.3) is 0 Å². The molecule has 162 valence electrons. The molecule has 6 nitrogen and oxygen atoms in total. The second-order valence-electron chi connectivity index (χ2n) is 7.74. The summed E-state index contributed by atoms with van der Waals surface area (Å²) >= 11 is 0. The first-order valence-electron chi connectivity index (χ1n) is 9.42. The van der Waals surface area contributed by atoms with E-state index in [0.29, 0.717) is 13.1 Å². The predicted molar refractivity (Wildman–Crippen MR) is 94.7 cm³/mol. The highest BCUT2D eigenvalue weighted by Gasteiger charge is 2.51. The molecule has 2 atom stereocenters. The van der Waals surface area contributed by atoms with Crippen LogP contribution in [0.15, 0.2) is 24.3 Å². The zero-order valence-corrected chi connectivity index (χ0v) is 15.7. The third-order valence-electron chi connectivity index (χ3n) is 5.68. The van der Waals surface area contributed by atoms with Gasteiger partial charge in [0.25, 0.3) is 0 Å². The monoisotopic (exact) mass is 420 g/mol. The van der Waals surface area contributed by atoms with Gasteiger partial charge < -0.3 is 19.8 Å². The molecule has 0 aliphatic carbocycles. The van der Waals surface area contributed by atoms with E-state index in [1.807, 2.05) is 4.90 Å². The summed E-state index contributed by atoms with van der Waals surface area (Å²) < 4.78 is 59.4. The molecule has 10 heteroatoms. The van der Waals surface area contributed by atoms with Crippen LogP contribution in [0.5, 0.6) is 0 Å². The molecule has 2 fully saturated rings. The fraction of sp³-hybridized carbons (Fsp3) is 0.632. The molecule has 1 amide bonds. The van der Waals surface area contributed by atoms with Gasteiger partial charge in [0, 0.05) is 32.7 Å². The molecule has 1 aromatic carbocycles. The summed E-state index contributed by atoms with van der Waals surface area (Å²) in [6, 6.07) is 5.74. The lowest BCUT2D eigenvalue weighted by Gasteiger charge is -2.51. The molecule has 2 aliphatic rings. The summed E-state index contributed by atoms with van der Waals surface area (Å²) in [6.07, 6.45) is -6.43. The maximum Gasteiger partial charge on any atom is 0.407 e. The molecule has 2 heterocycles. The fourth-order valence-electron chi connectivity index (χ4n) is 4.11. The topological polar surface area (TPSA) is 73.2 Å². The number of rotatable bonds is 4. The molecule has 1 spiro atoms. The van der Waals surface area contributed by atoms with E-state index in [2.05, 4.69) is 0 Å². The van der Waals surface area contributed by atoms with Crippen molar-refractivity contribution >= 4 is 6.09 Å². The molecule has 0 saturated carbocycles. The Morgan fingerprint density at radius 1 is 1.24 bits per heavy atom. The lowest BCUT2D eigenvalue weighted by atomic mass is 9.86. The Balaban J connectivity index is 1.81. The van der Waals surface area contributed by atoms with Crippen molar-refractivity contribution in [2.24, 2.45) is 5.92 Å². The van der Waals surface area contributed by atoms with E-state index in [-0.39, 0.29) is 32.5 Å². The number of carboxylic acid groups (broad SMARTS) is 1. The largest absolute Gasteiger partial charge is 0.465 e. The highest BCUT2D eigenvalue weighted by molar-refractivity contribution is 5.65. The molecule has 0 bridgehead atoms. The van der Waals surface area contributed by atoms with Crippen LogP contribution < -0.4 is 0 Å². The molecule has 2 N–H and O–H groups in total. The third-order valence-corrected chi connectivity index (χ3v) is 5.68.